The van der Waals surface area contributed by atoms with Gasteiger partial charge in [0.05, 0.1) is 6.54 Å². The largest absolute Gasteiger partial charge is 0.355 e. The Bertz CT molecular complexity index is 423. The molecule has 120 valence electrons. The van der Waals surface area contributed by atoms with E-state index in [1.165, 1.54) is 11.1 Å². The van der Waals surface area contributed by atoms with Gasteiger partial charge < -0.3 is 10.6 Å². The van der Waals surface area contributed by atoms with Crippen molar-refractivity contribution < 1.29 is 4.79 Å². The highest BCUT2D eigenvalue weighted by atomic mass is 35.5. The van der Waals surface area contributed by atoms with Crippen LogP contribution in [-0.4, -0.2) is 50.1 Å². The summed E-state index contributed by atoms with van der Waals surface area (Å²) in [4.78, 5) is 14.0. The molecule has 6 heteroatoms. The Balaban J connectivity index is 0.00000200. The molecule has 2 N–H and O–H groups in total. The summed E-state index contributed by atoms with van der Waals surface area (Å²) in [6, 6.07) is 8.32. The van der Waals surface area contributed by atoms with Gasteiger partial charge in [-0.25, -0.2) is 0 Å². The van der Waals surface area contributed by atoms with E-state index in [1.807, 2.05) is 12.1 Å². The van der Waals surface area contributed by atoms with Crippen molar-refractivity contribution in [1.29, 1.82) is 0 Å². The van der Waals surface area contributed by atoms with E-state index in [9.17, 15) is 4.79 Å². The monoisotopic (exact) mass is 333 g/mol. The summed E-state index contributed by atoms with van der Waals surface area (Å²) < 4.78 is 0. The molecule has 0 unspecified atom stereocenters. The van der Waals surface area contributed by atoms with Crippen LogP contribution in [0.25, 0.3) is 0 Å². The lowest BCUT2D eigenvalue weighted by Gasteiger charge is -2.26. The molecule has 0 bridgehead atoms. The van der Waals surface area contributed by atoms with Crippen molar-refractivity contribution in [3.8, 4) is 0 Å². The Morgan fingerprint density at radius 1 is 1.24 bits per heavy atom. The molecule has 0 aliphatic carbocycles. The molecule has 1 aromatic carbocycles. The highest BCUT2D eigenvalue weighted by molar-refractivity contribution is 5.85. The first kappa shape index (κ1) is 20.2. The Morgan fingerprint density at radius 2 is 1.90 bits per heavy atom. The summed E-state index contributed by atoms with van der Waals surface area (Å²) in [5, 5.41) is 6.29. The first-order valence-electron chi connectivity index (χ1n) is 7.00. The minimum Gasteiger partial charge on any atom is -0.355 e. The molecule has 0 saturated carbocycles. The highest BCUT2D eigenvalue weighted by Gasteiger charge is 2.12. The summed E-state index contributed by atoms with van der Waals surface area (Å²) in [5.74, 6) is 0.135. The zero-order valence-electron chi connectivity index (χ0n) is 12.4. The molecule has 1 fully saturated rings. The Labute approximate surface area is 139 Å². The maximum Gasteiger partial charge on any atom is 0.234 e. The SMILES string of the molecule is Cc1ccccc1CCNC(=O)CN1CCNCC1.Cl.Cl. The second-order valence-electron chi connectivity index (χ2n) is 5.05. The fourth-order valence-corrected chi connectivity index (χ4v) is 2.36. The lowest BCUT2D eigenvalue weighted by atomic mass is 10.1. The van der Waals surface area contributed by atoms with E-state index in [1.54, 1.807) is 0 Å². The normalized spacial score (nSPS) is 14.7. The van der Waals surface area contributed by atoms with E-state index in [0.717, 1.165) is 39.1 Å². The molecule has 4 nitrogen and oxygen atoms in total. The maximum atomic E-state index is 11.8. The average Bonchev–Trinajstić information content (AvgIpc) is 2.42. The van der Waals surface area contributed by atoms with Crippen LogP contribution in [-0.2, 0) is 11.2 Å². The van der Waals surface area contributed by atoms with E-state index >= 15 is 0 Å². The maximum absolute atomic E-state index is 11.8. The van der Waals surface area contributed by atoms with Crippen LogP contribution >= 0.6 is 24.8 Å². The third-order valence-corrected chi connectivity index (χ3v) is 3.55. The second-order valence-corrected chi connectivity index (χ2v) is 5.05. The molecule has 1 heterocycles. The molecular weight excluding hydrogens is 309 g/mol. The second kappa shape index (κ2) is 10.9. The minimum absolute atomic E-state index is 0. The highest BCUT2D eigenvalue weighted by Crippen LogP contribution is 2.06. The number of hydrogen-bond acceptors (Lipinski definition) is 3. The number of rotatable bonds is 5. The van der Waals surface area contributed by atoms with Crippen LogP contribution in [0.15, 0.2) is 24.3 Å². The van der Waals surface area contributed by atoms with Crippen LogP contribution in [0.3, 0.4) is 0 Å². The zero-order chi connectivity index (χ0) is 13.5. The number of carbonyl (C=O) groups excluding carboxylic acids is 1. The van der Waals surface area contributed by atoms with Gasteiger partial charge in [0.1, 0.15) is 0 Å². The molecule has 1 aromatic rings. The third-order valence-electron chi connectivity index (χ3n) is 3.55. The van der Waals surface area contributed by atoms with Crippen molar-refractivity contribution in [1.82, 2.24) is 15.5 Å². The lowest BCUT2D eigenvalue weighted by Crippen LogP contribution is -2.47. The van der Waals surface area contributed by atoms with Gasteiger partial charge in [0, 0.05) is 32.7 Å². The number of nitrogens with one attached hydrogen (secondary N) is 2. The fraction of sp³-hybridized carbons (Fsp3) is 0.533. The number of halogens is 2. The number of nitrogens with zero attached hydrogens (tertiary/aromatic N) is 1. The summed E-state index contributed by atoms with van der Waals surface area (Å²) in [6.07, 6.45) is 0.903. The number of carbonyl (C=O) groups is 1. The zero-order valence-corrected chi connectivity index (χ0v) is 14.1. The first-order chi connectivity index (χ1) is 9.25. The summed E-state index contributed by atoms with van der Waals surface area (Å²) in [6.45, 7) is 7.24. The number of aryl methyl sites for hydroxylation is 1. The van der Waals surface area contributed by atoms with Gasteiger partial charge in [-0.2, -0.15) is 0 Å². The molecule has 1 saturated heterocycles. The predicted octanol–water partition coefficient (Wildman–Crippen LogP) is 1.40. The standard InChI is InChI=1S/C15H23N3O.2ClH/c1-13-4-2-3-5-14(13)6-7-17-15(19)12-18-10-8-16-9-11-18;;/h2-5,16H,6-12H2,1H3,(H,17,19);2*1H. The van der Waals surface area contributed by atoms with Crippen molar-refractivity contribution in [2.75, 3.05) is 39.3 Å². The van der Waals surface area contributed by atoms with E-state index in [-0.39, 0.29) is 30.7 Å². The van der Waals surface area contributed by atoms with E-state index in [4.69, 9.17) is 0 Å². The van der Waals surface area contributed by atoms with Gasteiger partial charge >= 0.3 is 0 Å². The van der Waals surface area contributed by atoms with E-state index < -0.39 is 0 Å². The molecule has 0 radical (unpaired) electrons. The lowest BCUT2D eigenvalue weighted by molar-refractivity contribution is -0.122. The first-order valence-corrected chi connectivity index (χ1v) is 7.00. The van der Waals surface area contributed by atoms with Crippen LogP contribution in [0.1, 0.15) is 11.1 Å². The van der Waals surface area contributed by atoms with Crippen LogP contribution < -0.4 is 10.6 Å². The molecule has 21 heavy (non-hydrogen) atoms. The summed E-state index contributed by atoms with van der Waals surface area (Å²) in [5.41, 5.74) is 2.60. The minimum atomic E-state index is 0. The molecule has 0 atom stereocenters. The molecular formula is C15H25Cl2N3O. The van der Waals surface area contributed by atoms with Crippen LogP contribution in [0, 0.1) is 6.92 Å². The van der Waals surface area contributed by atoms with Crippen LogP contribution in [0.4, 0.5) is 0 Å². The van der Waals surface area contributed by atoms with Gasteiger partial charge in [-0.1, -0.05) is 24.3 Å². The van der Waals surface area contributed by atoms with Gasteiger partial charge in [0.25, 0.3) is 0 Å². The van der Waals surface area contributed by atoms with Crippen LogP contribution in [0.5, 0.6) is 0 Å². The average molecular weight is 334 g/mol. The number of amides is 1. The smallest absolute Gasteiger partial charge is 0.234 e. The van der Waals surface area contributed by atoms with Crippen molar-refractivity contribution in [2.24, 2.45) is 0 Å². The Hall–Kier alpha value is -0.810. The third kappa shape index (κ3) is 7.14. The van der Waals surface area contributed by atoms with Gasteiger partial charge in [-0.05, 0) is 24.5 Å². The number of piperazine rings is 1. The molecule has 1 amide bonds. The molecule has 0 spiro atoms. The van der Waals surface area contributed by atoms with E-state index in [2.05, 4.69) is 34.6 Å². The predicted molar refractivity (Wildman–Crippen MR) is 91.7 cm³/mol. The summed E-state index contributed by atoms with van der Waals surface area (Å²) in [7, 11) is 0. The fourth-order valence-electron chi connectivity index (χ4n) is 2.36. The molecule has 2 rings (SSSR count). The van der Waals surface area contributed by atoms with Crippen molar-refractivity contribution >= 4 is 30.7 Å². The molecule has 0 aromatic heterocycles. The van der Waals surface area contributed by atoms with Crippen LogP contribution in [0.2, 0.25) is 0 Å². The van der Waals surface area contributed by atoms with Gasteiger partial charge in [0.15, 0.2) is 0 Å². The number of hydrogen-bond donors (Lipinski definition) is 2. The van der Waals surface area contributed by atoms with Crippen molar-refractivity contribution in [3.63, 3.8) is 0 Å². The summed E-state index contributed by atoms with van der Waals surface area (Å²) >= 11 is 0. The van der Waals surface area contributed by atoms with Crippen molar-refractivity contribution in [2.45, 2.75) is 13.3 Å². The van der Waals surface area contributed by atoms with Crippen molar-refractivity contribution in [3.05, 3.63) is 35.4 Å². The number of benzene rings is 1. The topological polar surface area (TPSA) is 44.4 Å². The Morgan fingerprint density at radius 3 is 2.57 bits per heavy atom. The van der Waals surface area contributed by atoms with Gasteiger partial charge in [-0.3, -0.25) is 9.69 Å². The van der Waals surface area contributed by atoms with Gasteiger partial charge in [0.2, 0.25) is 5.91 Å². The molecule has 1 aliphatic rings. The van der Waals surface area contributed by atoms with E-state index in [0.29, 0.717) is 6.54 Å². The quantitative estimate of drug-likeness (QED) is 0.856. The Kier molecular flexibility index (Phi) is 10.4. The molecule has 1 aliphatic heterocycles. The van der Waals surface area contributed by atoms with Gasteiger partial charge in [-0.15, -0.1) is 24.8 Å².